The molecule has 0 spiro atoms. The second kappa shape index (κ2) is 9.43. The van der Waals surface area contributed by atoms with Gasteiger partial charge in [-0.3, -0.25) is 44.7 Å². The molecule has 1 aliphatic heterocycles. The van der Waals surface area contributed by atoms with Crippen LogP contribution in [-0.4, -0.2) is 42.5 Å². The molecular weight excluding hydrogens is 514 g/mol. The minimum Gasteiger partial charge on any atom is -0.267 e. The van der Waals surface area contributed by atoms with Crippen molar-refractivity contribution in [1.82, 2.24) is 10.0 Å². The van der Waals surface area contributed by atoms with Crippen LogP contribution in [0.15, 0.2) is 60.7 Å². The van der Waals surface area contributed by atoms with Crippen LogP contribution in [0.5, 0.6) is 0 Å². The maximum absolute atomic E-state index is 13.5. The molecule has 0 bridgehead atoms. The number of halogens is 1. The highest BCUT2D eigenvalue weighted by Gasteiger charge is 2.46. The molecule has 0 N–H and O–H groups in total. The van der Waals surface area contributed by atoms with Gasteiger partial charge in [-0.25, -0.2) is 5.01 Å². The zero-order valence-corrected chi connectivity index (χ0v) is 19.0. The van der Waals surface area contributed by atoms with Gasteiger partial charge in [-0.15, -0.1) is 0 Å². The lowest BCUT2D eigenvalue weighted by Crippen LogP contribution is -2.49. The van der Waals surface area contributed by atoms with Gasteiger partial charge in [-0.05, 0) is 30.3 Å². The molecule has 0 saturated heterocycles. The molecule has 0 fully saturated rings. The number of fused-ring (bicyclic) bond motifs is 1. The van der Waals surface area contributed by atoms with Gasteiger partial charge in [0.1, 0.15) is 5.56 Å². The molecule has 3 amide bonds. The number of hydrogen-bond donors (Lipinski definition) is 0. The fourth-order valence-corrected chi connectivity index (χ4v) is 3.90. The Hall–Kier alpha value is -5.24. The summed E-state index contributed by atoms with van der Waals surface area (Å²) in [6.45, 7) is -0.692. The number of carbonyl (C=O) groups excluding carboxylic acids is 3. The summed E-state index contributed by atoms with van der Waals surface area (Å²) in [5.41, 5.74) is -2.73. The van der Waals surface area contributed by atoms with E-state index in [9.17, 15) is 44.7 Å². The van der Waals surface area contributed by atoms with Gasteiger partial charge in [0, 0.05) is 34.9 Å². The number of imide groups is 1. The van der Waals surface area contributed by atoms with Crippen LogP contribution in [0.2, 0.25) is 5.02 Å². The lowest BCUT2D eigenvalue weighted by molar-refractivity contribution is -0.385. The minimum atomic E-state index is -1.20. The van der Waals surface area contributed by atoms with Crippen molar-refractivity contribution in [3.8, 4) is 0 Å². The summed E-state index contributed by atoms with van der Waals surface area (Å²) >= 11 is 5.86. The van der Waals surface area contributed by atoms with E-state index in [2.05, 4.69) is 0 Å². The second-order valence-electron chi connectivity index (χ2n) is 7.58. The molecule has 3 aromatic rings. The lowest BCUT2D eigenvalue weighted by Gasteiger charge is -2.30. The van der Waals surface area contributed by atoms with Crippen molar-refractivity contribution in [3.63, 3.8) is 0 Å². The molecule has 3 aromatic carbocycles. The number of carbonyl (C=O) groups is 3. The van der Waals surface area contributed by atoms with E-state index in [4.69, 9.17) is 11.6 Å². The van der Waals surface area contributed by atoms with Crippen LogP contribution in [0.1, 0.15) is 36.6 Å². The molecule has 0 atom stereocenters. The fourth-order valence-electron chi connectivity index (χ4n) is 3.74. The maximum atomic E-state index is 13.5. The number of benzene rings is 3. The third-order valence-electron chi connectivity index (χ3n) is 5.43. The van der Waals surface area contributed by atoms with Crippen molar-refractivity contribution < 1.29 is 29.2 Å². The van der Waals surface area contributed by atoms with Crippen LogP contribution >= 0.6 is 11.6 Å². The van der Waals surface area contributed by atoms with Gasteiger partial charge in [0.2, 0.25) is 0 Å². The number of hydrazine groups is 1. The molecule has 186 valence electrons. The predicted octanol–water partition coefficient (Wildman–Crippen LogP) is 3.92. The molecule has 0 unspecified atom stereocenters. The number of rotatable bonds is 7. The van der Waals surface area contributed by atoms with E-state index in [0.717, 1.165) is 36.4 Å². The Morgan fingerprint density at radius 2 is 1.49 bits per heavy atom. The van der Waals surface area contributed by atoms with Gasteiger partial charge >= 0.3 is 0 Å². The Kier molecular flexibility index (Phi) is 6.34. The Morgan fingerprint density at radius 3 is 2.08 bits per heavy atom. The molecule has 1 heterocycles. The Labute approximate surface area is 210 Å². The predicted molar refractivity (Wildman–Crippen MR) is 125 cm³/mol. The molecule has 0 radical (unpaired) electrons. The van der Waals surface area contributed by atoms with Crippen molar-refractivity contribution >= 4 is 46.4 Å². The van der Waals surface area contributed by atoms with Crippen LogP contribution in [0.4, 0.5) is 17.1 Å². The van der Waals surface area contributed by atoms with Crippen molar-refractivity contribution in [2.24, 2.45) is 0 Å². The first-order valence-electron chi connectivity index (χ1n) is 10.2. The van der Waals surface area contributed by atoms with E-state index < -0.39 is 56.0 Å². The van der Waals surface area contributed by atoms with Gasteiger partial charge in [-0.1, -0.05) is 17.7 Å². The van der Waals surface area contributed by atoms with Gasteiger partial charge < -0.3 is 0 Å². The summed E-state index contributed by atoms with van der Waals surface area (Å²) in [6.07, 6.45) is 0. The maximum Gasteiger partial charge on any atom is 0.287 e. The van der Waals surface area contributed by atoms with E-state index in [1.54, 1.807) is 0 Å². The van der Waals surface area contributed by atoms with Crippen molar-refractivity contribution in [2.45, 2.75) is 6.54 Å². The van der Waals surface area contributed by atoms with Crippen LogP contribution < -0.4 is 0 Å². The summed E-state index contributed by atoms with van der Waals surface area (Å²) in [5, 5.41) is 35.0. The van der Waals surface area contributed by atoms with Crippen LogP contribution in [0.25, 0.3) is 0 Å². The monoisotopic (exact) mass is 525 g/mol. The first kappa shape index (κ1) is 24.9. The molecule has 15 heteroatoms. The molecule has 1 aliphatic rings. The Morgan fingerprint density at radius 1 is 0.838 bits per heavy atom. The highest BCUT2D eigenvalue weighted by atomic mass is 35.5. The van der Waals surface area contributed by atoms with Gasteiger partial charge in [0.05, 0.1) is 32.4 Å². The molecule has 4 rings (SSSR count). The smallest absolute Gasteiger partial charge is 0.267 e. The number of amides is 3. The van der Waals surface area contributed by atoms with Gasteiger partial charge in [0.15, 0.2) is 0 Å². The average molecular weight is 526 g/mol. The largest absolute Gasteiger partial charge is 0.287 e. The summed E-state index contributed by atoms with van der Waals surface area (Å²) < 4.78 is 0. The SMILES string of the molecule is O=C(c1ccc([N+](=O)[O-])cc1)N(Cc1ccc(Cl)cc1[N+](=O)[O-])N1C(=O)c2cccc([N+](=O)[O-])c2C1=O. The van der Waals surface area contributed by atoms with Crippen molar-refractivity contribution in [3.05, 3.63) is 118 Å². The summed E-state index contributed by atoms with van der Waals surface area (Å²) in [4.78, 5) is 71.7. The number of nitro groups is 3. The van der Waals surface area contributed by atoms with Gasteiger partial charge in [-0.2, -0.15) is 5.01 Å². The Bertz CT molecular complexity index is 1520. The normalized spacial score (nSPS) is 12.3. The zero-order valence-electron chi connectivity index (χ0n) is 18.3. The summed E-state index contributed by atoms with van der Waals surface area (Å²) in [6, 6.07) is 11.1. The molecule has 0 aromatic heterocycles. The zero-order chi connectivity index (χ0) is 27.0. The highest BCUT2D eigenvalue weighted by Crippen LogP contribution is 2.34. The highest BCUT2D eigenvalue weighted by molar-refractivity contribution is 6.30. The molecule has 14 nitrogen and oxygen atoms in total. The average Bonchev–Trinajstić information content (AvgIpc) is 3.12. The second-order valence-corrected chi connectivity index (χ2v) is 8.01. The standard InChI is InChI=1S/C22H12ClN5O9/c23-14-7-4-13(18(10-14)28(36)37)11-24(20(29)12-5-8-15(9-6-12)26(32)33)25-21(30)16-2-1-3-17(27(34)35)19(16)22(25)31/h1-10H,11H2. The molecular formula is C22H12ClN5O9. The third kappa shape index (κ3) is 4.43. The van der Waals surface area contributed by atoms with Crippen molar-refractivity contribution in [2.75, 3.05) is 0 Å². The Balaban J connectivity index is 1.84. The minimum absolute atomic E-state index is 0.0139. The summed E-state index contributed by atoms with van der Waals surface area (Å²) in [5.74, 6) is -3.30. The first-order valence-corrected chi connectivity index (χ1v) is 10.5. The number of nitro benzene ring substituents is 3. The number of hydrogen-bond acceptors (Lipinski definition) is 9. The first-order chi connectivity index (χ1) is 17.5. The topological polar surface area (TPSA) is 187 Å². The van der Waals surface area contributed by atoms with Crippen LogP contribution in [-0.2, 0) is 6.54 Å². The van der Waals surface area contributed by atoms with Crippen LogP contribution in [0.3, 0.4) is 0 Å². The third-order valence-corrected chi connectivity index (χ3v) is 5.67. The van der Waals surface area contributed by atoms with Gasteiger partial charge in [0.25, 0.3) is 34.8 Å². The quantitative estimate of drug-likeness (QED) is 0.250. The number of nitrogens with zero attached hydrogens (tertiary/aromatic N) is 5. The lowest BCUT2D eigenvalue weighted by atomic mass is 10.1. The fraction of sp³-hybridized carbons (Fsp3) is 0.0455. The van der Waals surface area contributed by atoms with Crippen LogP contribution in [0, 0.1) is 30.3 Å². The molecule has 37 heavy (non-hydrogen) atoms. The molecule has 0 saturated carbocycles. The van der Waals surface area contributed by atoms with E-state index in [0.29, 0.717) is 10.0 Å². The van der Waals surface area contributed by atoms with E-state index in [1.165, 1.54) is 24.3 Å². The van der Waals surface area contributed by atoms with E-state index in [1.807, 2.05) is 0 Å². The number of non-ortho nitro benzene ring substituents is 1. The summed E-state index contributed by atoms with van der Waals surface area (Å²) in [7, 11) is 0. The molecule has 0 aliphatic carbocycles. The van der Waals surface area contributed by atoms with E-state index in [-0.39, 0.29) is 27.4 Å². The van der Waals surface area contributed by atoms with E-state index >= 15 is 0 Å². The van der Waals surface area contributed by atoms with Crippen molar-refractivity contribution in [1.29, 1.82) is 0 Å².